The Morgan fingerprint density at radius 2 is 2.12 bits per heavy atom. The highest BCUT2D eigenvalue weighted by atomic mass is 35.5. The second-order valence-electron chi connectivity index (χ2n) is 3.46. The van der Waals surface area contributed by atoms with Crippen LogP contribution in [0.25, 0.3) is 0 Å². The van der Waals surface area contributed by atoms with E-state index in [1.54, 1.807) is 12.1 Å². The van der Waals surface area contributed by atoms with Gasteiger partial charge in [0.25, 0.3) is 0 Å². The Morgan fingerprint density at radius 1 is 1.50 bits per heavy atom. The van der Waals surface area contributed by atoms with Gasteiger partial charge in [0.05, 0.1) is 4.34 Å². The van der Waals surface area contributed by atoms with Crippen LogP contribution in [0.15, 0.2) is 12.1 Å². The average molecular weight is 274 g/mol. The smallest absolute Gasteiger partial charge is 0.382 e. The van der Waals surface area contributed by atoms with E-state index in [4.69, 9.17) is 16.7 Å². The van der Waals surface area contributed by atoms with Crippen LogP contribution in [-0.2, 0) is 6.54 Å². The summed E-state index contributed by atoms with van der Waals surface area (Å²) in [6, 6.07) is 3.44. The lowest BCUT2D eigenvalue weighted by Crippen LogP contribution is -2.38. The predicted molar refractivity (Wildman–Crippen MR) is 57.7 cm³/mol. The molecule has 0 fully saturated rings. The van der Waals surface area contributed by atoms with Gasteiger partial charge in [0.15, 0.2) is 6.10 Å². The van der Waals surface area contributed by atoms with E-state index in [2.05, 4.69) is 0 Å². The van der Waals surface area contributed by atoms with E-state index in [1.165, 1.54) is 23.3 Å². The molecule has 0 aliphatic rings. The van der Waals surface area contributed by atoms with Crippen molar-refractivity contribution in [1.82, 2.24) is 4.90 Å². The zero-order valence-corrected chi connectivity index (χ0v) is 10.0. The molecule has 0 aliphatic carbocycles. The summed E-state index contributed by atoms with van der Waals surface area (Å²) in [7, 11) is 1.52. The Labute approximate surface area is 100 Å². The molecule has 2 nitrogen and oxygen atoms in total. The Bertz CT molecular complexity index is 342. The third-order valence-electron chi connectivity index (χ3n) is 1.92. The van der Waals surface area contributed by atoms with E-state index >= 15 is 0 Å². The molecule has 0 spiro atoms. The van der Waals surface area contributed by atoms with Gasteiger partial charge in [0.1, 0.15) is 0 Å². The highest BCUT2D eigenvalue weighted by Gasteiger charge is 2.38. The molecule has 0 aromatic carbocycles. The summed E-state index contributed by atoms with van der Waals surface area (Å²) < 4.78 is 36.8. The first-order valence-corrected chi connectivity index (χ1v) is 5.66. The minimum absolute atomic E-state index is 0.338. The standard InChI is InChI=1S/C9H11ClF3NOS/c1-14(5-7(15)9(11,12)13)4-6-2-3-8(10)16-6/h2-3,7,15H,4-5H2,1H3. The molecule has 92 valence electrons. The normalized spacial score (nSPS) is 14.4. The number of hydrogen-bond donors (Lipinski definition) is 1. The van der Waals surface area contributed by atoms with E-state index in [9.17, 15) is 13.2 Å². The van der Waals surface area contributed by atoms with Crippen LogP contribution in [0.5, 0.6) is 0 Å². The van der Waals surface area contributed by atoms with Crippen LogP contribution in [0, 0.1) is 0 Å². The van der Waals surface area contributed by atoms with Crippen molar-refractivity contribution >= 4 is 22.9 Å². The molecule has 1 N–H and O–H groups in total. The van der Waals surface area contributed by atoms with Gasteiger partial charge in [0.2, 0.25) is 0 Å². The zero-order chi connectivity index (χ0) is 12.3. The van der Waals surface area contributed by atoms with Gasteiger partial charge in [-0.3, -0.25) is 4.90 Å². The van der Waals surface area contributed by atoms with Gasteiger partial charge in [-0.2, -0.15) is 13.2 Å². The SMILES string of the molecule is CN(Cc1ccc(Cl)s1)CC(O)C(F)(F)F. The molecule has 0 amide bonds. The minimum atomic E-state index is -4.57. The lowest BCUT2D eigenvalue weighted by molar-refractivity contribution is -0.207. The number of nitrogens with zero attached hydrogens (tertiary/aromatic N) is 1. The molecule has 1 aromatic heterocycles. The Morgan fingerprint density at radius 3 is 2.56 bits per heavy atom. The van der Waals surface area contributed by atoms with Gasteiger partial charge >= 0.3 is 6.18 Å². The fourth-order valence-corrected chi connectivity index (χ4v) is 2.33. The minimum Gasteiger partial charge on any atom is -0.382 e. The van der Waals surface area contributed by atoms with Crippen molar-refractivity contribution in [3.63, 3.8) is 0 Å². The summed E-state index contributed by atoms with van der Waals surface area (Å²) in [6.45, 7) is -0.108. The van der Waals surface area contributed by atoms with E-state index in [0.717, 1.165) is 4.88 Å². The first kappa shape index (κ1) is 13.8. The van der Waals surface area contributed by atoms with Crippen molar-refractivity contribution in [2.24, 2.45) is 0 Å². The molecule has 7 heteroatoms. The molecular weight excluding hydrogens is 263 g/mol. The second-order valence-corrected chi connectivity index (χ2v) is 5.26. The van der Waals surface area contributed by atoms with Crippen molar-refractivity contribution in [3.05, 3.63) is 21.3 Å². The number of alkyl halides is 3. The summed E-state index contributed by atoms with van der Waals surface area (Å²) in [4.78, 5) is 2.27. The second kappa shape index (κ2) is 5.35. The Hall–Kier alpha value is -0.300. The quantitative estimate of drug-likeness (QED) is 0.912. The van der Waals surface area contributed by atoms with Crippen molar-refractivity contribution < 1.29 is 18.3 Å². The van der Waals surface area contributed by atoms with Gasteiger partial charge in [-0.1, -0.05) is 11.6 Å². The highest BCUT2D eigenvalue weighted by molar-refractivity contribution is 7.16. The number of aliphatic hydroxyl groups is 1. The molecule has 0 saturated heterocycles. The fraction of sp³-hybridized carbons (Fsp3) is 0.556. The van der Waals surface area contributed by atoms with Crippen LogP contribution in [0.3, 0.4) is 0 Å². The van der Waals surface area contributed by atoms with Crippen LogP contribution < -0.4 is 0 Å². The topological polar surface area (TPSA) is 23.5 Å². The molecule has 1 unspecified atom stereocenters. The van der Waals surface area contributed by atoms with Gasteiger partial charge in [-0.25, -0.2) is 0 Å². The monoisotopic (exact) mass is 273 g/mol. The molecule has 0 radical (unpaired) electrons. The molecule has 0 bridgehead atoms. The maximum absolute atomic E-state index is 12.1. The lowest BCUT2D eigenvalue weighted by Gasteiger charge is -2.21. The third-order valence-corrected chi connectivity index (χ3v) is 3.13. The summed E-state index contributed by atoms with van der Waals surface area (Å²) in [6.07, 6.45) is -6.88. The third kappa shape index (κ3) is 4.29. The summed E-state index contributed by atoms with van der Waals surface area (Å²) in [5.74, 6) is 0. The summed E-state index contributed by atoms with van der Waals surface area (Å²) in [5, 5.41) is 8.85. The van der Waals surface area contributed by atoms with Gasteiger partial charge < -0.3 is 5.11 Å². The van der Waals surface area contributed by atoms with E-state index < -0.39 is 18.8 Å². The van der Waals surface area contributed by atoms with Crippen molar-refractivity contribution in [3.8, 4) is 0 Å². The van der Waals surface area contributed by atoms with Gasteiger partial charge in [-0.05, 0) is 19.2 Å². The number of halogens is 4. The molecule has 1 rings (SSSR count). The van der Waals surface area contributed by atoms with Crippen molar-refractivity contribution in [1.29, 1.82) is 0 Å². The van der Waals surface area contributed by atoms with Crippen molar-refractivity contribution in [2.45, 2.75) is 18.8 Å². The number of aliphatic hydroxyl groups excluding tert-OH is 1. The maximum Gasteiger partial charge on any atom is 0.415 e. The molecule has 0 aliphatic heterocycles. The molecule has 1 heterocycles. The maximum atomic E-state index is 12.1. The first-order chi connectivity index (χ1) is 7.29. The Kier molecular flexibility index (Phi) is 4.61. The number of hydrogen-bond acceptors (Lipinski definition) is 3. The first-order valence-electron chi connectivity index (χ1n) is 4.46. The van der Waals surface area contributed by atoms with Crippen LogP contribution in [0.1, 0.15) is 4.88 Å². The lowest BCUT2D eigenvalue weighted by atomic mass is 10.3. The van der Waals surface area contributed by atoms with Crippen LogP contribution in [-0.4, -0.2) is 35.9 Å². The summed E-state index contributed by atoms with van der Waals surface area (Å²) in [5.41, 5.74) is 0. The van der Waals surface area contributed by atoms with E-state index in [-0.39, 0.29) is 0 Å². The number of rotatable bonds is 4. The molecular formula is C9H11ClF3NOS. The Balaban J connectivity index is 2.45. The highest BCUT2D eigenvalue weighted by Crippen LogP contribution is 2.24. The zero-order valence-electron chi connectivity index (χ0n) is 8.46. The fourth-order valence-electron chi connectivity index (χ4n) is 1.17. The summed E-state index contributed by atoms with van der Waals surface area (Å²) >= 11 is 7.00. The number of thiophene rings is 1. The number of likely N-dealkylation sites (N-methyl/N-ethyl adjacent to an activating group) is 1. The van der Waals surface area contributed by atoms with E-state index in [1.807, 2.05) is 0 Å². The largest absolute Gasteiger partial charge is 0.415 e. The van der Waals surface area contributed by atoms with E-state index in [0.29, 0.717) is 10.9 Å². The van der Waals surface area contributed by atoms with Gasteiger partial charge in [0, 0.05) is 18.0 Å². The van der Waals surface area contributed by atoms with Crippen molar-refractivity contribution in [2.75, 3.05) is 13.6 Å². The predicted octanol–water partition coefficient (Wildman–Crippen LogP) is 2.76. The molecule has 0 saturated carbocycles. The molecule has 1 aromatic rings. The van der Waals surface area contributed by atoms with Gasteiger partial charge in [-0.15, -0.1) is 11.3 Å². The molecule has 16 heavy (non-hydrogen) atoms. The van der Waals surface area contributed by atoms with Crippen LogP contribution >= 0.6 is 22.9 Å². The van der Waals surface area contributed by atoms with Crippen LogP contribution in [0.4, 0.5) is 13.2 Å². The molecule has 1 atom stereocenters. The van der Waals surface area contributed by atoms with Crippen LogP contribution in [0.2, 0.25) is 4.34 Å². The average Bonchev–Trinajstić information content (AvgIpc) is 2.49.